The first-order valence-corrected chi connectivity index (χ1v) is 7.79. The highest BCUT2D eigenvalue weighted by Crippen LogP contribution is 2.43. The molecule has 22 heavy (non-hydrogen) atoms. The standard InChI is InChI=1S/C16H22F2N2O2/c1-11(2)9-13(20-7-5-19-6-8-20)12-3-4-14-15(10-12)22-16(17,18)21-14/h3-4,10-11,13,19H,5-9H2,1-2H3/t13-/m0/s1. The van der Waals surface area contributed by atoms with Gasteiger partial charge in [0.05, 0.1) is 0 Å². The van der Waals surface area contributed by atoms with Crippen molar-refractivity contribution in [2.75, 3.05) is 26.2 Å². The summed E-state index contributed by atoms with van der Waals surface area (Å²) in [7, 11) is 0. The summed E-state index contributed by atoms with van der Waals surface area (Å²) in [5, 5.41) is 3.34. The number of nitrogens with zero attached hydrogens (tertiary/aromatic N) is 1. The van der Waals surface area contributed by atoms with Gasteiger partial charge in [-0.15, -0.1) is 8.78 Å². The Bertz CT molecular complexity index is 531. The zero-order valence-electron chi connectivity index (χ0n) is 12.9. The van der Waals surface area contributed by atoms with Crippen molar-refractivity contribution in [3.8, 4) is 11.5 Å². The minimum absolute atomic E-state index is 0.109. The van der Waals surface area contributed by atoms with E-state index in [1.54, 1.807) is 12.1 Å². The zero-order valence-corrected chi connectivity index (χ0v) is 12.9. The summed E-state index contributed by atoms with van der Waals surface area (Å²) < 4.78 is 35.4. The minimum Gasteiger partial charge on any atom is -0.395 e. The molecule has 0 spiro atoms. The predicted molar refractivity (Wildman–Crippen MR) is 79.3 cm³/mol. The van der Waals surface area contributed by atoms with E-state index in [9.17, 15) is 8.78 Å². The largest absolute Gasteiger partial charge is 0.586 e. The molecular formula is C16H22F2N2O2. The lowest BCUT2D eigenvalue weighted by Gasteiger charge is -2.36. The third-order valence-electron chi connectivity index (χ3n) is 4.10. The molecule has 0 amide bonds. The van der Waals surface area contributed by atoms with Crippen molar-refractivity contribution >= 4 is 0 Å². The number of rotatable bonds is 4. The average Bonchev–Trinajstić information content (AvgIpc) is 2.78. The highest BCUT2D eigenvalue weighted by molar-refractivity contribution is 5.46. The lowest BCUT2D eigenvalue weighted by Crippen LogP contribution is -2.45. The van der Waals surface area contributed by atoms with Crippen molar-refractivity contribution in [2.45, 2.75) is 32.6 Å². The summed E-state index contributed by atoms with van der Waals surface area (Å²) in [6.45, 7) is 8.19. The van der Waals surface area contributed by atoms with E-state index in [4.69, 9.17) is 0 Å². The van der Waals surface area contributed by atoms with Crippen molar-refractivity contribution < 1.29 is 18.3 Å². The molecule has 1 atom stereocenters. The monoisotopic (exact) mass is 312 g/mol. The molecule has 0 radical (unpaired) electrons. The van der Waals surface area contributed by atoms with E-state index in [0.717, 1.165) is 38.2 Å². The zero-order chi connectivity index (χ0) is 15.7. The molecular weight excluding hydrogens is 290 g/mol. The van der Waals surface area contributed by atoms with Gasteiger partial charge in [-0.1, -0.05) is 19.9 Å². The number of benzene rings is 1. The van der Waals surface area contributed by atoms with E-state index in [-0.39, 0.29) is 17.5 Å². The van der Waals surface area contributed by atoms with Crippen LogP contribution in [0.3, 0.4) is 0 Å². The van der Waals surface area contributed by atoms with Gasteiger partial charge in [0.1, 0.15) is 0 Å². The summed E-state index contributed by atoms with van der Waals surface area (Å²) in [5.74, 6) is 0.760. The van der Waals surface area contributed by atoms with E-state index in [1.807, 2.05) is 6.07 Å². The average molecular weight is 312 g/mol. The van der Waals surface area contributed by atoms with Crippen molar-refractivity contribution in [3.05, 3.63) is 23.8 Å². The summed E-state index contributed by atoms with van der Waals surface area (Å²) >= 11 is 0. The number of hydrogen-bond acceptors (Lipinski definition) is 4. The van der Waals surface area contributed by atoms with Crippen LogP contribution in [0.5, 0.6) is 11.5 Å². The van der Waals surface area contributed by atoms with Crippen LogP contribution in [0.1, 0.15) is 31.9 Å². The molecule has 3 rings (SSSR count). The Balaban J connectivity index is 1.85. The van der Waals surface area contributed by atoms with E-state index >= 15 is 0 Å². The van der Waals surface area contributed by atoms with Crippen LogP contribution in [0.2, 0.25) is 0 Å². The summed E-state index contributed by atoms with van der Waals surface area (Å²) in [6, 6.07) is 5.37. The van der Waals surface area contributed by atoms with Gasteiger partial charge in [-0.3, -0.25) is 4.90 Å². The maximum atomic E-state index is 13.2. The van der Waals surface area contributed by atoms with Gasteiger partial charge >= 0.3 is 6.29 Å². The highest BCUT2D eigenvalue weighted by Gasteiger charge is 2.43. The van der Waals surface area contributed by atoms with Crippen LogP contribution < -0.4 is 14.8 Å². The Morgan fingerprint density at radius 1 is 1.18 bits per heavy atom. The molecule has 0 aliphatic carbocycles. The number of hydrogen-bond donors (Lipinski definition) is 1. The molecule has 2 heterocycles. The van der Waals surface area contributed by atoms with Crippen LogP contribution >= 0.6 is 0 Å². The number of alkyl halides is 2. The van der Waals surface area contributed by atoms with Gasteiger partial charge in [-0.2, -0.15) is 0 Å². The first-order chi connectivity index (χ1) is 10.4. The molecule has 0 aromatic heterocycles. The molecule has 6 heteroatoms. The SMILES string of the molecule is CC(C)C[C@@H](c1ccc2c(c1)OC(F)(F)O2)N1CCNCC1. The van der Waals surface area contributed by atoms with E-state index in [0.29, 0.717) is 5.92 Å². The summed E-state index contributed by atoms with van der Waals surface area (Å²) in [5.41, 5.74) is 1.01. The summed E-state index contributed by atoms with van der Waals surface area (Å²) in [6.07, 6.45) is -2.57. The van der Waals surface area contributed by atoms with Crippen molar-refractivity contribution in [1.29, 1.82) is 0 Å². The number of ether oxygens (including phenoxy) is 2. The van der Waals surface area contributed by atoms with Crippen LogP contribution in [0, 0.1) is 5.92 Å². The maximum Gasteiger partial charge on any atom is 0.586 e. The third-order valence-corrected chi connectivity index (χ3v) is 4.10. The Hall–Kier alpha value is -1.40. The number of fused-ring (bicyclic) bond motifs is 1. The van der Waals surface area contributed by atoms with Gasteiger partial charge in [-0.05, 0) is 30.0 Å². The smallest absolute Gasteiger partial charge is 0.395 e. The summed E-state index contributed by atoms with van der Waals surface area (Å²) in [4.78, 5) is 2.41. The number of halogens is 2. The van der Waals surface area contributed by atoms with E-state index in [1.165, 1.54) is 0 Å². The molecule has 1 aromatic carbocycles. The molecule has 2 aliphatic heterocycles. The van der Waals surface area contributed by atoms with Crippen LogP contribution in [0.25, 0.3) is 0 Å². The predicted octanol–water partition coefficient (Wildman–Crippen LogP) is 3.00. The first-order valence-electron chi connectivity index (χ1n) is 7.79. The van der Waals surface area contributed by atoms with Crippen LogP contribution in [-0.4, -0.2) is 37.4 Å². The molecule has 0 saturated carbocycles. The van der Waals surface area contributed by atoms with Gasteiger partial charge in [0.25, 0.3) is 0 Å². The topological polar surface area (TPSA) is 33.7 Å². The molecule has 0 unspecified atom stereocenters. The maximum absolute atomic E-state index is 13.2. The first kappa shape index (κ1) is 15.5. The number of piperazine rings is 1. The van der Waals surface area contributed by atoms with Gasteiger partial charge in [0.2, 0.25) is 0 Å². The van der Waals surface area contributed by atoms with E-state index in [2.05, 4.69) is 33.5 Å². The van der Waals surface area contributed by atoms with Gasteiger partial charge in [-0.25, -0.2) is 0 Å². The van der Waals surface area contributed by atoms with Crippen molar-refractivity contribution in [1.82, 2.24) is 10.2 Å². The fraction of sp³-hybridized carbons (Fsp3) is 0.625. The second-order valence-electron chi connectivity index (χ2n) is 6.30. The quantitative estimate of drug-likeness (QED) is 0.927. The third kappa shape index (κ3) is 3.33. The van der Waals surface area contributed by atoms with Crippen molar-refractivity contribution in [3.63, 3.8) is 0 Å². The fourth-order valence-corrected chi connectivity index (χ4v) is 3.11. The second-order valence-corrected chi connectivity index (χ2v) is 6.30. The Kier molecular flexibility index (Phi) is 4.23. The molecule has 4 nitrogen and oxygen atoms in total. The Labute approximate surface area is 129 Å². The van der Waals surface area contributed by atoms with Crippen LogP contribution in [-0.2, 0) is 0 Å². The fourth-order valence-electron chi connectivity index (χ4n) is 3.11. The van der Waals surface area contributed by atoms with Gasteiger partial charge < -0.3 is 14.8 Å². The molecule has 1 fully saturated rings. The van der Waals surface area contributed by atoms with Crippen LogP contribution in [0.15, 0.2) is 18.2 Å². The molecule has 0 bridgehead atoms. The molecule has 1 saturated heterocycles. The lowest BCUT2D eigenvalue weighted by atomic mass is 9.94. The second kappa shape index (κ2) is 6.01. The Morgan fingerprint density at radius 3 is 2.55 bits per heavy atom. The minimum atomic E-state index is -3.55. The van der Waals surface area contributed by atoms with Gasteiger partial charge in [0.15, 0.2) is 11.5 Å². The molecule has 1 aromatic rings. The van der Waals surface area contributed by atoms with Crippen molar-refractivity contribution in [2.24, 2.45) is 5.92 Å². The number of nitrogens with one attached hydrogen (secondary N) is 1. The van der Waals surface area contributed by atoms with E-state index < -0.39 is 6.29 Å². The molecule has 122 valence electrons. The van der Waals surface area contributed by atoms with Gasteiger partial charge in [0, 0.05) is 32.2 Å². The van der Waals surface area contributed by atoms with Crippen LogP contribution in [0.4, 0.5) is 8.78 Å². The molecule has 1 N–H and O–H groups in total. The highest BCUT2D eigenvalue weighted by atomic mass is 19.3. The Morgan fingerprint density at radius 2 is 1.86 bits per heavy atom. The normalized spacial score (nSPS) is 22.0. The lowest BCUT2D eigenvalue weighted by molar-refractivity contribution is -0.286. The molecule has 2 aliphatic rings.